The van der Waals surface area contributed by atoms with E-state index in [2.05, 4.69) is 56.2 Å². The number of benzene rings is 1. The molecule has 0 fully saturated rings. The minimum absolute atomic E-state index is 0.823. The van der Waals surface area contributed by atoms with Crippen LogP contribution in [0, 0.1) is 13.8 Å². The van der Waals surface area contributed by atoms with E-state index in [-0.39, 0.29) is 0 Å². The number of rotatable bonds is 5. The van der Waals surface area contributed by atoms with Crippen molar-refractivity contribution in [3.8, 4) is 0 Å². The Hall–Kier alpha value is -1.35. The zero-order valence-corrected chi connectivity index (χ0v) is 13.0. The lowest BCUT2D eigenvalue weighted by Gasteiger charge is -2.14. The minimum Gasteiger partial charge on any atom is -0.378 e. The molecule has 0 aliphatic rings. The third kappa shape index (κ3) is 3.16. The lowest BCUT2D eigenvalue weighted by molar-refractivity contribution is 1.03. The standard InChI is InChI=1S/C16H22N2S/c1-5-13-8-7-9-14(6-2)16(13)17-10-15-18-11(3)12(4)19-15/h7-9,17H,5-6,10H2,1-4H3. The Balaban J connectivity index is 2.18. The third-order valence-corrected chi connectivity index (χ3v) is 4.56. The molecule has 0 saturated carbocycles. The second-order valence-corrected chi connectivity index (χ2v) is 6.05. The maximum atomic E-state index is 4.59. The Bertz CT molecular complexity index is 516. The Labute approximate surface area is 119 Å². The number of aryl methyl sites for hydroxylation is 4. The first-order valence-corrected chi connectivity index (χ1v) is 7.74. The van der Waals surface area contributed by atoms with Crippen molar-refractivity contribution in [2.45, 2.75) is 47.1 Å². The molecule has 3 heteroatoms. The number of thiazole rings is 1. The highest BCUT2D eigenvalue weighted by molar-refractivity contribution is 7.11. The molecule has 1 N–H and O–H groups in total. The van der Waals surface area contributed by atoms with E-state index in [1.807, 2.05) is 0 Å². The average Bonchev–Trinajstić information content (AvgIpc) is 2.75. The zero-order valence-electron chi connectivity index (χ0n) is 12.2. The number of para-hydroxylation sites is 1. The van der Waals surface area contributed by atoms with Crippen molar-refractivity contribution in [3.63, 3.8) is 0 Å². The largest absolute Gasteiger partial charge is 0.378 e. The van der Waals surface area contributed by atoms with Gasteiger partial charge < -0.3 is 5.32 Å². The molecule has 2 rings (SSSR count). The summed E-state index contributed by atoms with van der Waals surface area (Å²) in [6, 6.07) is 6.57. The number of nitrogens with one attached hydrogen (secondary N) is 1. The highest BCUT2D eigenvalue weighted by Crippen LogP contribution is 2.24. The fourth-order valence-electron chi connectivity index (χ4n) is 2.25. The summed E-state index contributed by atoms with van der Waals surface area (Å²) in [5, 5.41) is 4.76. The molecule has 2 nitrogen and oxygen atoms in total. The summed E-state index contributed by atoms with van der Waals surface area (Å²) in [6.45, 7) is 9.44. The van der Waals surface area contributed by atoms with Crippen LogP contribution >= 0.6 is 11.3 Å². The van der Waals surface area contributed by atoms with Crippen LogP contribution in [0.1, 0.15) is 40.6 Å². The normalized spacial score (nSPS) is 10.7. The van der Waals surface area contributed by atoms with Gasteiger partial charge in [-0.25, -0.2) is 4.98 Å². The van der Waals surface area contributed by atoms with Gasteiger partial charge in [-0.15, -0.1) is 11.3 Å². The number of hydrogen-bond acceptors (Lipinski definition) is 3. The molecule has 1 heterocycles. The number of aromatic nitrogens is 1. The van der Waals surface area contributed by atoms with Crippen molar-refractivity contribution >= 4 is 17.0 Å². The summed E-state index contributed by atoms with van der Waals surface area (Å²) in [7, 11) is 0. The second kappa shape index (κ2) is 6.20. The van der Waals surface area contributed by atoms with Gasteiger partial charge in [-0.1, -0.05) is 32.0 Å². The maximum Gasteiger partial charge on any atom is 0.112 e. The van der Waals surface area contributed by atoms with E-state index in [9.17, 15) is 0 Å². The first kappa shape index (κ1) is 14.1. The molecule has 0 unspecified atom stereocenters. The van der Waals surface area contributed by atoms with Crippen LogP contribution in [-0.2, 0) is 19.4 Å². The van der Waals surface area contributed by atoms with Crippen molar-refractivity contribution in [3.05, 3.63) is 44.9 Å². The predicted molar refractivity (Wildman–Crippen MR) is 84.1 cm³/mol. The second-order valence-electron chi connectivity index (χ2n) is 4.76. The quantitative estimate of drug-likeness (QED) is 0.868. The van der Waals surface area contributed by atoms with E-state index < -0.39 is 0 Å². The predicted octanol–water partition coefficient (Wildman–Crippen LogP) is 4.50. The Morgan fingerprint density at radius 2 is 1.74 bits per heavy atom. The van der Waals surface area contributed by atoms with Crippen LogP contribution in [0.4, 0.5) is 5.69 Å². The fraction of sp³-hybridized carbons (Fsp3) is 0.438. The van der Waals surface area contributed by atoms with Crippen molar-refractivity contribution in [1.29, 1.82) is 0 Å². The first-order chi connectivity index (χ1) is 9.15. The molecule has 102 valence electrons. The van der Waals surface area contributed by atoms with Gasteiger partial charge in [0, 0.05) is 10.6 Å². The molecule has 2 aromatic rings. The third-order valence-electron chi connectivity index (χ3n) is 3.49. The molecule has 1 aromatic heterocycles. The van der Waals surface area contributed by atoms with Gasteiger partial charge in [0.2, 0.25) is 0 Å². The van der Waals surface area contributed by atoms with Crippen molar-refractivity contribution in [2.24, 2.45) is 0 Å². The first-order valence-electron chi connectivity index (χ1n) is 6.93. The summed E-state index contributed by atoms with van der Waals surface area (Å²) in [4.78, 5) is 5.91. The molecule has 0 spiro atoms. The fourth-order valence-corrected chi connectivity index (χ4v) is 3.12. The molecule has 0 amide bonds. The Morgan fingerprint density at radius 3 is 2.21 bits per heavy atom. The Kier molecular flexibility index (Phi) is 4.59. The molecule has 0 bridgehead atoms. The maximum absolute atomic E-state index is 4.59. The van der Waals surface area contributed by atoms with E-state index in [1.165, 1.54) is 26.7 Å². The number of anilines is 1. The highest BCUT2D eigenvalue weighted by atomic mass is 32.1. The molecule has 0 atom stereocenters. The summed E-state index contributed by atoms with van der Waals surface area (Å²) >= 11 is 1.79. The van der Waals surface area contributed by atoms with Crippen LogP contribution in [0.2, 0.25) is 0 Å². The molecule has 0 radical (unpaired) electrons. The molecule has 0 aliphatic carbocycles. The molecule has 0 saturated heterocycles. The van der Waals surface area contributed by atoms with E-state index in [0.29, 0.717) is 0 Å². The topological polar surface area (TPSA) is 24.9 Å². The van der Waals surface area contributed by atoms with Crippen molar-refractivity contribution in [1.82, 2.24) is 4.98 Å². The SMILES string of the molecule is CCc1cccc(CC)c1NCc1nc(C)c(C)s1. The number of nitrogens with zero attached hydrogens (tertiary/aromatic N) is 1. The molecule has 1 aromatic carbocycles. The molecular formula is C16H22N2S. The van der Waals surface area contributed by atoms with Gasteiger partial charge in [0.25, 0.3) is 0 Å². The zero-order chi connectivity index (χ0) is 13.8. The lowest BCUT2D eigenvalue weighted by atomic mass is 10.0. The monoisotopic (exact) mass is 274 g/mol. The summed E-state index contributed by atoms with van der Waals surface area (Å²) in [5.74, 6) is 0. The summed E-state index contributed by atoms with van der Waals surface area (Å²) in [5.41, 5.74) is 5.24. The molecule has 0 aliphatic heterocycles. The van der Waals surface area contributed by atoms with E-state index >= 15 is 0 Å². The van der Waals surface area contributed by atoms with Gasteiger partial charge in [-0.2, -0.15) is 0 Å². The summed E-state index contributed by atoms with van der Waals surface area (Å²) < 4.78 is 0. The lowest BCUT2D eigenvalue weighted by Crippen LogP contribution is -2.05. The van der Waals surface area contributed by atoms with Gasteiger partial charge >= 0.3 is 0 Å². The van der Waals surface area contributed by atoms with E-state index in [1.54, 1.807) is 11.3 Å². The van der Waals surface area contributed by atoms with Gasteiger partial charge in [-0.3, -0.25) is 0 Å². The van der Waals surface area contributed by atoms with Crippen molar-refractivity contribution < 1.29 is 0 Å². The highest BCUT2D eigenvalue weighted by Gasteiger charge is 2.08. The smallest absolute Gasteiger partial charge is 0.112 e. The van der Waals surface area contributed by atoms with Crippen LogP contribution in [-0.4, -0.2) is 4.98 Å². The van der Waals surface area contributed by atoms with Crippen LogP contribution in [0.25, 0.3) is 0 Å². The van der Waals surface area contributed by atoms with E-state index in [4.69, 9.17) is 0 Å². The van der Waals surface area contributed by atoms with Gasteiger partial charge in [0.15, 0.2) is 0 Å². The van der Waals surface area contributed by atoms with Gasteiger partial charge in [-0.05, 0) is 37.8 Å². The van der Waals surface area contributed by atoms with Gasteiger partial charge in [0.05, 0.1) is 12.2 Å². The van der Waals surface area contributed by atoms with Crippen LogP contribution < -0.4 is 5.32 Å². The van der Waals surface area contributed by atoms with Gasteiger partial charge in [0.1, 0.15) is 5.01 Å². The molecular weight excluding hydrogens is 252 g/mol. The van der Waals surface area contributed by atoms with Crippen LogP contribution in [0.3, 0.4) is 0 Å². The average molecular weight is 274 g/mol. The number of hydrogen-bond donors (Lipinski definition) is 1. The van der Waals surface area contributed by atoms with E-state index in [0.717, 1.165) is 25.1 Å². The Morgan fingerprint density at radius 1 is 1.11 bits per heavy atom. The van der Waals surface area contributed by atoms with Crippen LogP contribution in [0.5, 0.6) is 0 Å². The minimum atomic E-state index is 0.823. The van der Waals surface area contributed by atoms with Crippen LogP contribution in [0.15, 0.2) is 18.2 Å². The summed E-state index contributed by atoms with van der Waals surface area (Å²) in [6.07, 6.45) is 2.12. The molecule has 19 heavy (non-hydrogen) atoms. The van der Waals surface area contributed by atoms with Crippen molar-refractivity contribution in [2.75, 3.05) is 5.32 Å².